The van der Waals surface area contributed by atoms with Crippen molar-refractivity contribution in [3.05, 3.63) is 46.4 Å². The van der Waals surface area contributed by atoms with Crippen molar-refractivity contribution < 1.29 is 14.3 Å². The summed E-state index contributed by atoms with van der Waals surface area (Å²) in [5.74, 6) is 1.53. The zero-order chi connectivity index (χ0) is 16.8. The summed E-state index contributed by atoms with van der Waals surface area (Å²) in [5, 5.41) is 2.86. The number of thioether (sulfide) groups is 1. The number of hydrogen-bond donors (Lipinski definition) is 1. The fraction of sp³-hybridized carbons (Fsp3) is 0.235. The molecule has 1 amide bonds. The van der Waals surface area contributed by atoms with Gasteiger partial charge in [0.15, 0.2) is 0 Å². The zero-order valence-electron chi connectivity index (χ0n) is 13.2. The maximum Gasteiger partial charge on any atom is 0.234 e. The molecule has 0 aliphatic rings. The van der Waals surface area contributed by atoms with Gasteiger partial charge in [-0.15, -0.1) is 11.8 Å². The van der Waals surface area contributed by atoms with Crippen molar-refractivity contribution in [1.82, 2.24) is 0 Å². The van der Waals surface area contributed by atoms with Crippen LogP contribution in [-0.2, 0) is 4.79 Å². The molecule has 4 nitrogen and oxygen atoms in total. The predicted molar refractivity (Wildman–Crippen MR) is 97.8 cm³/mol. The van der Waals surface area contributed by atoms with E-state index >= 15 is 0 Å². The van der Waals surface area contributed by atoms with E-state index in [0.29, 0.717) is 22.9 Å². The normalized spacial score (nSPS) is 10.3. The number of carbonyl (C=O) groups is 1. The Morgan fingerprint density at radius 2 is 1.78 bits per heavy atom. The number of ether oxygens (including phenoxy) is 2. The minimum atomic E-state index is -0.0763. The van der Waals surface area contributed by atoms with Crippen LogP contribution in [0.15, 0.2) is 45.8 Å². The first kappa shape index (κ1) is 17.7. The minimum Gasteiger partial charge on any atom is -0.497 e. The summed E-state index contributed by atoms with van der Waals surface area (Å²) < 4.78 is 11.4. The fourth-order valence-corrected chi connectivity index (χ4v) is 3.28. The lowest BCUT2D eigenvalue weighted by Gasteiger charge is -2.10. The van der Waals surface area contributed by atoms with E-state index < -0.39 is 0 Å². The third kappa shape index (κ3) is 5.18. The van der Waals surface area contributed by atoms with Crippen molar-refractivity contribution in [2.24, 2.45) is 0 Å². The highest BCUT2D eigenvalue weighted by atomic mass is 79.9. The van der Waals surface area contributed by atoms with Crippen LogP contribution in [0, 0.1) is 6.92 Å². The van der Waals surface area contributed by atoms with E-state index in [9.17, 15) is 4.79 Å². The molecule has 0 saturated heterocycles. The van der Waals surface area contributed by atoms with Crippen LogP contribution < -0.4 is 14.8 Å². The summed E-state index contributed by atoms with van der Waals surface area (Å²) >= 11 is 4.94. The third-order valence-electron chi connectivity index (χ3n) is 3.13. The van der Waals surface area contributed by atoms with Gasteiger partial charge in [-0.25, -0.2) is 0 Å². The Kier molecular flexibility index (Phi) is 6.36. The number of benzene rings is 2. The van der Waals surface area contributed by atoms with E-state index in [1.807, 2.05) is 25.1 Å². The lowest BCUT2D eigenvalue weighted by atomic mass is 10.2. The number of halogens is 1. The van der Waals surface area contributed by atoms with Crippen LogP contribution in [0.3, 0.4) is 0 Å². The first-order valence-corrected chi connectivity index (χ1v) is 8.71. The second-order valence-corrected chi connectivity index (χ2v) is 6.78. The van der Waals surface area contributed by atoms with Gasteiger partial charge in [-0.05, 0) is 30.7 Å². The van der Waals surface area contributed by atoms with Gasteiger partial charge in [-0.3, -0.25) is 4.79 Å². The Balaban J connectivity index is 1.99. The molecule has 0 fully saturated rings. The van der Waals surface area contributed by atoms with E-state index in [1.54, 1.807) is 32.4 Å². The van der Waals surface area contributed by atoms with Gasteiger partial charge in [0.05, 0.1) is 20.0 Å². The first-order valence-electron chi connectivity index (χ1n) is 6.93. The Hall–Kier alpha value is -1.66. The van der Waals surface area contributed by atoms with Crippen LogP contribution in [0.2, 0.25) is 0 Å². The van der Waals surface area contributed by atoms with Gasteiger partial charge in [0, 0.05) is 33.3 Å². The minimum absolute atomic E-state index is 0.0763. The monoisotopic (exact) mass is 395 g/mol. The molecule has 0 unspecified atom stereocenters. The standard InChI is InChI=1S/C17H18BrNO3S/c1-11-6-12(18)4-5-16(11)23-10-17(20)19-13-7-14(21-2)9-15(8-13)22-3/h4-9H,10H2,1-3H3,(H,19,20). The van der Waals surface area contributed by atoms with E-state index in [1.165, 1.54) is 11.8 Å². The number of hydrogen-bond acceptors (Lipinski definition) is 4. The highest BCUT2D eigenvalue weighted by Crippen LogP contribution is 2.27. The van der Waals surface area contributed by atoms with Gasteiger partial charge >= 0.3 is 0 Å². The molecule has 6 heteroatoms. The van der Waals surface area contributed by atoms with Gasteiger partial charge < -0.3 is 14.8 Å². The smallest absolute Gasteiger partial charge is 0.234 e. The lowest BCUT2D eigenvalue weighted by molar-refractivity contribution is -0.113. The van der Waals surface area contributed by atoms with E-state index in [2.05, 4.69) is 21.2 Å². The van der Waals surface area contributed by atoms with Crippen molar-refractivity contribution in [2.75, 3.05) is 25.3 Å². The molecule has 1 N–H and O–H groups in total. The molecule has 0 radical (unpaired) electrons. The number of nitrogens with one attached hydrogen (secondary N) is 1. The molecule has 0 aliphatic heterocycles. The third-order valence-corrected chi connectivity index (χ3v) is 4.80. The molecule has 2 aromatic rings. The van der Waals surface area contributed by atoms with Crippen LogP contribution in [0.25, 0.3) is 0 Å². The fourth-order valence-electron chi connectivity index (χ4n) is 1.99. The SMILES string of the molecule is COc1cc(NC(=O)CSc2ccc(Br)cc2C)cc(OC)c1. The Morgan fingerprint density at radius 1 is 1.13 bits per heavy atom. The molecule has 2 rings (SSSR count). The van der Waals surface area contributed by atoms with Gasteiger partial charge in [0.25, 0.3) is 0 Å². The lowest BCUT2D eigenvalue weighted by Crippen LogP contribution is -2.14. The summed E-state index contributed by atoms with van der Waals surface area (Å²) in [6, 6.07) is 11.3. The molecular formula is C17H18BrNO3S. The molecule has 2 aromatic carbocycles. The second kappa shape index (κ2) is 8.26. The van der Waals surface area contributed by atoms with Crippen molar-refractivity contribution in [1.29, 1.82) is 0 Å². The molecular weight excluding hydrogens is 378 g/mol. The number of rotatable bonds is 6. The average Bonchev–Trinajstić information content (AvgIpc) is 2.53. The van der Waals surface area contributed by atoms with Gasteiger partial charge in [-0.1, -0.05) is 15.9 Å². The molecule has 0 saturated carbocycles. The Morgan fingerprint density at radius 3 is 2.35 bits per heavy atom. The second-order valence-electron chi connectivity index (χ2n) is 4.85. The van der Waals surface area contributed by atoms with Crippen LogP contribution in [0.4, 0.5) is 5.69 Å². The number of aryl methyl sites for hydroxylation is 1. The molecule has 0 spiro atoms. The molecule has 0 heterocycles. The van der Waals surface area contributed by atoms with Crippen LogP contribution in [0.5, 0.6) is 11.5 Å². The molecule has 0 aliphatic carbocycles. The predicted octanol–water partition coefficient (Wildman–Crippen LogP) is 4.51. The topological polar surface area (TPSA) is 47.6 Å². The van der Waals surface area contributed by atoms with Gasteiger partial charge in [0.1, 0.15) is 11.5 Å². The largest absolute Gasteiger partial charge is 0.497 e. The average molecular weight is 396 g/mol. The quantitative estimate of drug-likeness (QED) is 0.731. The molecule has 23 heavy (non-hydrogen) atoms. The van der Waals surface area contributed by atoms with Crippen molar-refractivity contribution in [3.63, 3.8) is 0 Å². The molecule has 122 valence electrons. The van der Waals surface area contributed by atoms with Gasteiger partial charge in [0.2, 0.25) is 5.91 Å². The van der Waals surface area contributed by atoms with Crippen LogP contribution >= 0.6 is 27.7 Å². The number of amides is 1. The maximum absolute atomic E-state index is 12.1. The first-order chi connectivity index (χ1) is 11.0. The van der Waals surface area contributed by atoms with Gasteiger partial charge in [-0.2, -0.15) is 0 Å². The maximum atomic E-state index is 12.1. The Bertz CT molecular complexity index is 684. The van der Waals surface area contributed by atoms with E-state index in [0.717, 1.165) is 14.9 Å². The van der Waals surface area contributed by atoms with E-state index in [4.69, 9.17) is 9.47 Å². The highest BCUT2D eigenvalue weighted by molar-refractivity contribution is 9.10. The van der Waals surface area contributed by atoms with Crippen molar-refractivity contribution in [3.8, 4) is 11.5 Å². The number of methoxy groups -OCH3 is 2. The highest BCUT2D eigenvalue weighted by Gasteiger charge is 2.08. The summed E-state index contributed by atoms with van der Waals surface area (Å²) in [7, 11) is 3.15. The Labute approximate surface area is 148 Å². The zero-order valence-corrected chi connectivity index (χ0v) is 15.6. The molecule has 0 atom stereocenters. The van der Waals surface area contributed by atoms with Crippen LogP contribution in [0.1, 0.15) is 5.56 Å². The number of anilines is 1. The van der Waals surface area contributed by atoms with E-state index in [-0.39, 0.29) is 5.91 Å². The number of carbonyl (C=O) groups excluding carboxylic acids is 1. The van der Waals surface area contributed by atoms with Crippen molar-refractivity contribution >= 4 is 39.3 Å². The van der Waals surface area contributed by atoms with Crippen molar-refractivity contribution in [2.45, 2.75) is 11.8 Å². The summed E-state index contributed by atoms with van der Waals surface area (Å²) in [4.78, 5) is 13.2. The molecule has 0 bridgehead atoms. The summed E-state index contributed by atoms with van der Waals surface area (Å²) in [6.07, 6.45) is 0. The summed E-state index contributed by atoms with van der Waals surface area (Å²) in [5.41, 5.74) is 1.79. The van der Waals surface area contributed by atoms with Crippen LogP contribution in [-0.4, -0.2) is 25.9 Å². The molecule has 0 aromatic heterocycles. The summed E-state index contributed by atoms with van der Waals surface area (Å²) in [6.45, 7) is 2.03.